The van der Waals surface area contributed by atoms with Crippen LogP contribution in [0.3, 0.4) is 0 Å². The van der Waals surface area contributed by atoms with E-state index in [1.807, 2.05) is 44.2 Å². The third-order valence-corrected chi connectivity index (χ3v) is 4.63. The number of anilines is 2. The quantitative estimate of drug-likeness (QED) is 0.465. The molecule has 1 amide bonds. The van der Waals surface area contributed by atoms with Gasteiger partial charge in [-0.15, -0.1) is 0 Å². The van der Waals surface area contributed by atoms with Crippen molar-refractivity contribution in [1.29, 1.82) is 0 Å². The van der Waals surface area contributed by atoms with E-state index in [0.29, 0.717) is 17.0 Å². The smallest absolute Gasteiger partial charge is 0.257 e. The maximum atomic E-state index is 12.6. The number of nitrogens with zero attached hydrogens (tertiary/aromatic N) is 4. The number of carbonyl (C=O) groups is 1. The number of amides is 1. The van der Waals surface area contributed by atoms with Crippen LogP contribution < -0.4 is 10.6 Å². The van der Waals surface area contributed by atoms with Crippen LogP contribution in [0.2, 0.25) is 0 Å². The molecule has 4 aromatic rings. The van der Waals surface area contributed by atoms with E-state index in [1.165, 1.54) is 0 Å². The number of rotatable bonds is 6. The second kappa shape index (κ2) is 8.05. The first kappa shape index (κ1) is 18.5. The number of aromatic nitrogens is 5. The Bertz CT molecular complexity index is 1150. The van der Waals surface area contributed by atoms with Crippen molar-refractivity contribution in [3.05, 3.63) is 71.8 Å². The second-order valence-corrected chi connectivity index (χ2v) is 6.74. The van der Waals surface area contributed by atoms with Gasteiger partial charge in [-0.1, -0.05) is 19.1 Å². The maximum Gasteiger partial charge on any atom is 0.257 e. The summed E-state index contributed by atoms with van der Waals surface area (Å²) in [4.78, 5) is 25.5. The number of hydrogen-bond donors (Lipinski definition) is 3. The van der Waals surface area contributed by atoms with Crippen LogP contribution >= 0.6 is 0 Å². The Labute approximate surface area is 167 Å². The number of pyridine rings is 1. The van der Waals surface area contributed by atoms with Crippen LogP contribution in [0.4, 0.5) is 11.5 Å². The van der Waals surface area contributed by atoms with Gasteiger partial charge in [0.15, 0.2) is 5.65 Å². The number of hydrogen-bond acceptors (Lipinski definition) is 6. The predicted octanol–water partition coefficient (Wildman–Crippen LogP) is 3.74. The molecule has 0 aliphatic rings. The van der Waals surface area contributed by atoms with Crippen LogP contribution in [0, 0.1) is 0 Å². The minimum atomic E-state index is -0.180. The topological polar surface area (TPSA) is 108 Å². The molecule has 0 bridgehead atoms. The Morgan fingerprint density at radius 3 is 2.93 bits per heavy atom. The first-order valence-corrected chi connectivity index (χ1v) is 9.40. The molecule has 1 atom stereocenters. The molecule has 8 nitrogen and oxygen atoms in total. The molecular weight excluding hydrogens is 366 g/mol. The molecule has 4 rings (SSSR count). The number of carbonyl (C=O) groups excluding carboxylic acids is 1. The highest BCUT2D eigenvalue weighted by atomic mass is 16.1. The SMILES string of the molecule is CCc1cncc(C(=O)Nc2cccc([C@H](C)Nc3cnc4cn[nH]c4n3)c2)c1. The minimum absolute atomic E-state index is 0.0355. The van der Waals surface area contributed by atoms with Crippen LogP contribution in [-0.4, -0.2) is 31.1 Å². The molecular formula is C21H21N7O. The number of aryl methyl sites for hydroxylation is 1. The van der Waals surface area contributed by atoms with Gasteiger partial charge in [-0.2, -0.15) is 5.10 Å². The van der Waals surface area contributed by atoms with Crippen molar-refractivity contribution in [2.45, 2.75) is 26.3 Å². The van der Waals surface area contributed by atoms with Gasteiger partial charge in [-0.05, 0) is 42.7 Å². The molecule has 0 aliphatic heterocycles. The lowest BCUT2D eigenvalue weighted by atomic mass is 10.1. The summed E-state index contributed by atoms with van der Waals surface area (Å²) >= 11 is 0. The van der Waals surface area contributed by atoms with E-state index in [9.17, 15) is 4.79 Å². The molecule has 29 heavy (non-hydrogen) atoms. The minimum Gasteiger partial charge on any atom is -0.362 e. The lowest BCUT2D eigenvalue weighted by Crippen LogP contribution is -2.13. The van der Waals surface area contributed by atoms with Crippen LogP contribution in [0.25, 0.3) is 11.2 Å². The first-order valence-electron chi connectivity index (χ1n) is 9.40. The molecule has 146 valence electrons. The average molecular weight is 387 g/mol. The Kier molecular flexibility index (Phi) is 5.15. The number of aromatic amines is 1. The van der Waals surface area contributed by atoms with Gasteiger partial charge in [0.1, 0.15) is 11.3 Å². The Morgan fingerprint density at radius 2 is 2.07 bits per heavy atom. The second-order valence-electron chi connectivity index (χ2n) is 6.74. The summed E-state index contributed by atoms with van der Waals surface area (Å²) < 4.78 is 0. The van der Waals surface area contributed by atoms with E-state index in [0.717, 1.165) is 28.8 Å². The zero-order chi connectivity index (χ0) is 20.2. The lowest BCUT2D eigenvalue weighted by molar-refractivity contribution is 0.102. The van der Waals surface area contributed by atoms with Gasteiger partial charge in [-0.25, -0.2) is 9.97 Å². The summed E-state index contributed by atoms with van der Waals surface area (Å²) in [6.45, 7) is 4.05. The molecule has 0 radical (unpaired) electrons. The third-order valence-electron chi connectivity index (χ3n) is 4.63. The highest BCUT2D eigenvalue weighted by Crippen LogP contribution is 2.22. The highest BCUT2D eigenvalue weighted by Gasteiger charge is 2.11. The summed E-state index contributed by atoms with van der Waals surface area (Å²) in [5, 5.41) is 13.0. The molecule has 3 heterocycles. The van der Waals surface area contributed by atoms with E-state index in [1.54, 1.807) is 24.8 Å². The van der Waals surface area contributed by atoms with E-state index in [2.05, 4.69) is 35.8 Å². The summed E-state index contributed by atoms with van der Waals surface area (Å²) in [6.07, 6.45) is 7.49. The van der Waals surface area contributed by atoms with Gasteiger partial charge in [0, 0.05) is 18.1 Å². The van der Waals surface area contributed by atoms with Crippen LogP contribution in [0.5, 0.6) is 0 Å². The monoisotopic (exact) mass is 387 g/mol. The highest BCUT2D eigenvalue weighted by molar-refractivity contribution is 6.04. The molecule has 3 N–H and O–H groups in total. The standard InChI is InChI=1S/C21H21N7O/c1-3-14-7-16(10-22-9-14)21(29)26-17-6-4-5-15(8-17)13(2)25-19-12-23-18-11-24-28-20(18)27-19/h4-13H,3H2,1-2H3,(H,26,29)(H2,24,25,27,28)/t13-/m0/s1. The van der Waals surface area contributed by atoms with Gasteiger partial charge in [-0.3, -0.25) is 14.9 Å². The summed E-state index contributed by atoms with van der Waals surface area (Å²) in [6, 6.07) is 9.53. The van der Waals surface area contributed by atoms with Gasteiger partial charge in [0.2, 0.25) is 0 Å². The zero-order valence-corrected chi connectivity index (χ0v) is 16.2. The first-order chi connectivity index (χ1) is 14.1. The van der Waals surface area contributed by atoms with E-state index >= 15 is 0 Å². The van der Waals surface area contributed by atoms with Crippen LogP contribution in [0.1, 0.15) is 41.4 Å². The van der Waals surface area contributed by atoms with Gasteiger partial charge in [0.25, 0.3) is 5.91 Å². The molecule has 0 aliphatic carbocycles. The normalized spacial score (nSPS) is 11.9. The summed E-state index contributed by atoms with van der Waals surface area (Å²) in [5.41, 5.74) is 4.65. The fourth-order valence-electron chi connectivity index (χ4n) is 3.00. The Morgan fingerprint density at radius 1 is 1.17 bits per heavy atom. The van der Waals surface area contributed by atoms with Crippen LogP contribution in [-0.2, 0) is 6.42 Å². The molecule has 0 unspecified atom stereocenters. The van der Waals surface area contributed by atoms with Crippen molar-refractivity contribution in [1.82, 2.24) is 25.1 Å². The van der Waals surface area contributed by atoms with E-state index in [-0.39, 0.29) is 11.9 Å². The van der Waals surface area contributed by atoms with Crippen molar-refractivity contribution in [3.8, 4) is 0 Å². The van der Waals surface area contributed by atoms with Crippen molar-refractivity contribution in [2.75, 3.05) is 10.6 Å². The molecule has 0 saturated heterocycles. The number of nitrogens with one attached hydrogen (secondary N) is 3. The fourth-order valence-corrected chi connectivity index (χ4v) is 3.00. The molecule has 0 fully saturated rings. The fraction of sp³-hybridized carbons (Fsp3) is 0.190. The molecule has 0 spiro atoms. The van der Waals surface area contributed by atoms with Crippen molar-refractivity contribution < 1.29 is 4.79 Å². The van der Waals surface area contributed by atoms with Gasteiger partial charge >= 0.3 is 0 Å². The van der Waals surface area contributed by atoms with Gasteiger partial charge < -0.3 is 10.6 Å². The lowest BCUT2D eigenvalue weighted by Gasteiger charge is -2.16. The number of benzene rings is 1. The van der Waals surface area contributed by atoms with Crippen molar-refractivity contribution in [3.63, 3.8) is 0 Å². The van der Waals surface area contributed by atoms with E-state index in [4.69, 9.17) is 0 Å². The molecule has 1 aromatic carbocycles. The van der Waals surface area contributed by atoms with Crippen molar-refractivity contribution in [2.24, 2.45) is 0 Å². The summed E-state index contributed by atoms with van der Waals surface area (Å²) in [7, 11) is 0. The number of fused-ring (bicyclic) bond motifs is 1. The molecule has 8 heteroatoms. The molecule has 3 aromatic heterocycles. The summed E-state index contributed by atoms with van der Waals surface area (Å²) in [5.74, 6) is 0.465. The average Bonchev–Trinajstić information content (AvgIpc) is 3.22. The third kappa shape index (κ3) is 4.21. The van der Waals surface area contributed by atoms with Gasteiger partial charge in [0.05, 0.1) is 24.0 Å². The Hall–Kier alpha value is -3.81. The molecule has 0 saturated carbocycles. The van der Waals surface area contributed by atoms with Crippen LogP contribution in [0.15, 0.2) is 55.1 Å². The maximum absolute atomic E-state index is 12.6. The van der Waals surface area contributed by atoms with Crippen molar-refractivity contribution >= 4 is 28.6 Å². The predicted molar refractivity (Wildman–Crippen MR) is 112 cm³/mol. The zero-order valence-electron chi connectivity index (χ0n) is 16.2. The Balaban J connectivity index is 1.47. The van der Waals surface area contributed by atoms with E-state index < -0.39 is 0 Å². The number of H-pyrrole nitrogens is 1. The largest absolute Gasteiger partial charge is 0.362 e.